The number of anilines is 4. The molecule has 14 N–H and O–H groups in total. The zero-order valence-electron chi connectivity index (χ0n) is 58.2. The molecule has 16 heterocycles. The molecule has 0 saturated heterocycles. The van der Waals surface area contributed by atoms with E-state index in [1.807, 2.05) is 52.0 Å². The lowest BCUT2D eigenvalue weighted by atomic mass is 10.0. The van der Waals surface area contributed by atoms with E-state index in [1.54, 1.807) is 124 Å². The Bertz CT molecular complexity index is 5970. The van der Waals surface area contributed by atoms with Gasteiger partial charge in [0.1, 0.15) is 28.0 Å². The molecule has 16 aromatic heterocycles. The zero-order chi connectivity index (χ0) is 74.2. The van der Waals surface area contributed by atoms with Gasteiger partial charge in [0.2, 0.25) is 34.6 Å². The highest BCUT2D eigenvalue weighted by Crippen LogP contribution is 2.31. The van der Waals surface area contributed by atoms with Crippen molar-refractivity contribution >= 4 is 108 Å². The fourth-order valence-corrected chi connectivity index (χ4v) is 12.1. The first-order valence-electron chi connectivity index (χ1n) is 33.3. The van der Waals surface area contributed by atoms with Crippen LogP contribution in [-0.2, 0) is 25.7 Å². The minimum atomic E-state index is -0.963. The van der Waals surface area contributed by atoms with Crippen LogP contribution < -0.4 is 46.5 Å². The fraction of sp³-hybridized carbons (Fsp3) is 0.269. The average Bonchev–Trinajstić information content (AvgIpc) is 1.62. The Kier molecular flexibility index (Phi) is 18.7. The number of amides is 1. The molecule has 0 saturated carbocycles. The summed E-state index contributed by atoms with van der Waals surface area (Å²) < 4.78 is 42.5. The molecular formula is C67H72N29O10+3. The molecule has 1 aromatic carbocycles. The molecule has 3 unspecified atom stereocenters. The van der Waals surface area contributed by atoms with E-state index in [2.05, 4.69) is 105 Å². The maximum absolute atomic E-state index is 13.4. The molecule has 17 aromatic rings. The van der Waals surface area contributed by atoms with Gasteiger partial charge in [-0.15, -0.1) is 33.6 Å². The molecule has 0 radical (unpaired) electrons. The molecule has 0 aliphatic heterocycles. The zero-order valence-corrected chi connectivity index (χ0v) is 58.2. The molecule has 542 valence electrons. The Morgan fingerprint density at radius 1 is 0.528 bits per heavy atom. The van der Waals surface area contributed by atoms with Crippen LogP contribution in [0, 0.1) is 17.8 Å². The summed E-state index contributed by atoms with van der Waals surface area (Å²) in [5, 5.41) is 48.6. The number of H-pyrrole nitrogens is 4. The number of aromatic amines is 4. The standard InChI is InChI=1S/C24H26N8O3.C17H19N7O3.C16H17N7O3.C10H7N7O/c1-14(2)11-17(23(33)26-12-15-7-4-5-8-18(15)34-3)31-22-16(13-27-31)21-28-20(19-9-6-10-35-19)30-32(21)24(25)29-22;1-9(2)7-11(16(25)26-3)23-15-10(8-19-23)14-20-13(12-5-4-6-27-12)22-24(14)17(18)21-15;1-8(2)6-10(15(24)25)22-14-9(7-18-22)13-19-12(11-4-3-5-26-11)21-23(13)16(17)20-14;11-10-14-7-5(4-12-15-7)9-13-8(16-17(9)10)6-2-1-3-18-6/h4-10,13-14,17H,11-12H2,1-3H3,(H3,25,26,27,28,29,30,33);4-6,8-9,11H,7H2,1-3H3,(H2,18,19,20,21,22);3-5,7-8,10H,6H2,1-2H3,(H3,17,18,19,20,21,24,25);1-4H,(H3,11,12,14,15)/p+3. The van der Waals surface area contributed by atoms with Crippen LogP contribution in [0.5, 0.6) is 5.75 Å². The third-order valence-corrected chi connectivity index (χ3v) is 16.9. The Balaban J connectivity index is 0.000000121. The third kappa shape index (κ3) is 13.3. The number of carbonyl (C=O) groups excluding carboxylic acids is 2. The Hall–Kier alpha value is -14.2. The number of ether oxygens (including phenoxy) is 2. The normalized spacial score (nSPS) is 12.6. The van der Waals surface area contributed by atoms with Crippen LogP contribution in [0.15, 0.2) is 140 Å². The van der Waals surface area contributed by atoms with E-state index in [0.29, 0.717) is 133 Å². The predicted octanol–water partition coefficient (Wildman–Crippen LogP) is 6.39. The summed E-state index contributed by atoms with van der Waals surface area (Å²) in [4.78, 5) is 73.0. The monoisotopic (exact) mass is 1440 g/mol. The number of carboxylic acids is 1. The number of carboxylic acid groups (broad SMARTS) is 1. The SMILES string of the molecule is CC(C)CC(C(=O)O)n1ncc2c1nc(N)[n+]1[nH]c(-c3ccco3)nc21.COC(=O)C(CC(C)C)n1ncc2c1nc(N)[n+]1[nH]c(-c3ccco3)nc21.COc1ccccc1CNC(=O)C(CC(C)C)n1ncc2c1nc(N)[n+]1[nH]c(-c3ccco3)nc21.Nc1nc2[nH]ncc2c2nc(-c3ccco3)nn12. The Morgan fingerprint density at radius 2 is 0.972 bits per heavy atom. The van der Waals surface area contributed by atoms with E-state index in [1.165, 1.54) is 20.8 Å². The summed E-state index contributed by atoms with van der Waals surface area (Å²) in [6, 6.07) is 19.8. The van der Waals surface area contributed by atoms with Crippen LogP contribution in [0.4, 0.5) is 23.8 Å². The van der Waals surface area contributed by atoms with Crippen molar-refractivity contribution in [1.29, 1.82) is 0 Å². The van der Waals surface area contributed by atoms with Gasteiger partial charge in [-0.3, -0.25) is 9.89 Å². The Labute approximate surface area is 596 Å². The number of nitrogens with two attached hydrogens (primary N) is 4. The molecule has 0 spiro atoms. The summed E-state index contributed by atoms with van der Waals surface area (Å²) in [6.45, 7) is 12.4. The summed E-state index contributed by atoms with van der Waals surface area (Å²) >= 11 is 0. The molecule has 17 rings (SSSR count). The lowest BCUT2D eigenvalue weighted by Crippen LogP contribution is -2.34. The second kappa shape index (κ2) is 28.7. The highest BCUT2D eigenvalue weighted by atomic mass is 16.5. The first-order valence-corrected chi connectivity index (χ1v) is 33.3. The molecular weight excluding hydrogens is 1370 g/mol. The number of hydrogen-bond acceptors (Lipinski definition) is 26. The number of furan rings is 4. The number of nitrogens with zero attached hydrogens (tertiary/aromatic N) is 20. The van der Waals surface area contributed by atoms with E-state index in [0.717, 1.165) is 16.7 Å². The predicted molar refractivity (Wildman–Crippen MR) is 377 cm³/mol. The lowest BCUT2D eigenvalue weighted by molar-refractivity contribution is -0.563. The number of aliphatic carboxylic acids is 1. The molecule has 39 heteroatoms. The third-order valence-electron chi connectivity index (χ3n) is 16.9. The molecule has 0 fully saturated rings. The van der Waals surface area contributed by atoms with Crippen molar-refractivity contribution in [3.05, 3.63) is 128 Å². The van der Waals surface area contributed by atoms with Crippen molar-refractivity contribution in [2.75, 3.05) is 37.2 Å². The molecule has 0 aliphatic rings. The number of rotatable bonds is 19. The number of methoxy groups -OCH3 is 2. The summed E-state index contributed by atoms with van der Waals surface area (Å²) in [5.41, 5.74) is 29.2. The number of nitrogens with one attached hydrogen (secondary N) is 5. The number of hydrogen-bond donors (Lipinski definition) is 10. The van der Waals surface area contributed by atoms with Crippen molar-refractivity contribution in [2.24, 2.45) is 17.8 Å². The topological polar surface area (TPSA) is 521 Å². The van der Waals surface area contributed by atoms with Crippen molar-refractivity contribution in [2.45, 2.75) is 85.5 Å². The maximum atomic E-state index is 13.4. The fourth-order valence-electron chi connectivity index (χ4n) is 12.1. The quantitative estimate of drug-likeness (QED) is 0.0309. The second-order valence-corrected chi connectivity index (χ2v) is 25.6. The number of fused-ring (bicyclic) bond motifs is 12. The van der Waals surface area contributed by atoms with Crippen molar-refractivity contribution < 1.29 is 60.2 Å². The molecule has 1 amide bonds. The van der Waals surface area contributed by atoms with Gasteiger partial charge in [0.25, 0.3) is 34.4 Å². The van der Waals surface area contributed by atoms with E-state index in [4.69, 9.17) is 50.1 Å². The Morgan fingerprint density at radius 3 is 1.42 bits per heavy atom. The maximum Gasteiger partial charge on any atom is 0.369 e. The van der Waals surface area contributed by atoms with Crippen molar-refractivity contribution in [3.8, 4) is 52.1 Å². The second-order valence-electron chi connectivity index (χ2n) is 25.6. The summed E-state index contributed by atoms with van der Waals surface area (Å²) in [7, 11) is 2.97. The number of benzene rings is 1. The average molecular weight is 1440 g/mol. The van der Waals surface area contributed by atoms with Gasteiger partial charge in [0.05, 0.1) is 69.4 Å². The number of carbonyl (C=O) groups is 3. The van der Waals surface area contributed by atoms with Gasteiger partial charge in [-0.25, -0.2) is 43.9 Å². The largest absolute Gasteiger partial charge is 0.496 e. The van der Waals surface area contributed by atoms with Crippen LogP contribution in [0.3, 0.4) is 0 Å². The smallest absolute Gasteiger partial charge is 0.369 e. The summed E-state index contributed by atoms with van der Waals surface area (Å²) in [6.07, 6.45) is 14.3. The molecule has 0 bridgehead atoms. The number of para-hydroxylation sites is 1. The van der Waals surface area contributed by atoms with E-state index in [9.17, 15) is 19.5 Å². The van der Waals surface area contributed by atoms with Crippen LogP contribution in [-0.4, -0.2) is 141 Å². The minimum Gasteiger partial charge on any atom is -0.496 e. The summed E-state index contributed by atoms with van der Waals surface area (Å²) in [5.74, 6) is 4.92. The van der Waals surface area contributed by atoms with Gasteiger partial charge in [-0.05, 0) is 91.6 Å². The van der Waals surface area contributed by atoms with Crippen LogP contribution in [0.1, 0.15) is 84.5 Å². The molecule has 3 atom stereocenters. The number of esters is 1. The lowest BCUT2D eigenvalue weighted by Gasteiger charge is -2.19. The molecule has 106 heavy (non-hydrogen) atoms. The van der Waals surface area contributed by atoms with Gasteiger partial charge in [0, 0.05) is 12.1 Å². The number of aromatic nitrogens is 24. The van der Waals surface area contributed by atoms with E-state index < -0.39 is 24.1 Å². The van der Waals surface area contributed by atoms with Gasteiger partial charge < -0.3 is 60.5 Å². The van der Waals surface area contributed by atoms with Gasteiger partial charge >= 0.3 is 29.8 Å². The van der Waals surface area contributed by atoms with Gasteiger partial charge in [-0.2, -0.15) is 29.9 Å². The van der Waals surface area contributed by atoms with Crippen LogP contribution in [0.2, 0.25) is 0 Å². The minimum absolute atomic E-state index is 0.147. The highest BCUT2D eigenvalue weighted by molar-refractivity contribution is 5.92. The van der Waals surface area contributed by atoms with Crippen LogP contribution >= 0.6 is 0 Å². The first-order chi connectivity index (χ1) is 51.2. The highest BCUT2D eigenvalue weighted by Gasteiger charge is 2.34. The van der Waals surface area contributed by atoms with Crippen LogP contribution in [0.25, 0.3) is 113 Å². The molecule has 39 nitrogen and oxygen atoms in total. The van der Waals surface area contributed by atoms with Crippen molar-refractivity contribution in [1.82, 2.24) is 110 Å². The molecule has 0 aliphatic carbocycles. The first kappa shape index (κ1) is 68.9. The van der Waals surface area contributed by atoms with E-state index in [-0.39, 0.29) is 53.4 Å². The van der Waals surface area contributed by atoms with E-state index >= 15 is 0 Å². The van der Waals surface area contributed by atoms with Crippen molar-refractivity contribution in [3.63, 3.8) is 0 Å². The van der Waals surface area contributed by atoms with Gasteiger partial charge in [-0.1, -0.05) is 74.7 Å². The number of nitrogen functional groups attached to an aromatic ring is 4. The van der Waals surface area contributed by atoms with Gasteiger partial charge in [0.15, 0.2) is 46.4 Å².